The number of aromatic nitrogens is 2. The molecule has 0 saturated heterocycles. The number of urea groups is 1. The van der Waals surface area contributed by atoms with Crippen molar-refractivity contribution in [2.24, 2.45) is 0 Å². The zero-order valence-electron chi connectivity index (χ0n) is 13.6. The average Bonchev–Trinajstić information content (AvgIpc) is 3.19. The van der Waals surface area contributed by atoms with Crippen LogP contribution < -0.4 is 10.6 Å². The number of anilines is 1. The van der Waals surface area contributed by atoms with Gasteiger partial charge in [0.1, 0.15) is 5.01 Å². The predicted molar refractivity (Wildman–Crippen MR) is 97.1 cm³/mol. The lowest BCUT2D eigenvalue weighted by atomic mass is 9.85. The van der Waals surface area contributed by atoms with Gasteiger partial charge in [-0.1, -0.05) is 18.3 Å². The van der Waals surface area contributed by atoms with E-state index in [1.807, 2.05) is 28.7 Å². The molecule has 134 valence electrons. The Bertz CT molecular complexity index is 727. The maximum atomic E-state index is 12.0. The summed E-state index contributed by atoms with van der Waals surface area (Å²) in [5.41, 5.74) is 0.996. The Hall–Kier alpha value is -2.04. The smallest absolute Gasteiger partial charge is 0.321 e. The number of nitrogens with one attached hydrogen (secondary N) is 2. The van der Waals surface area contributed by atoms with Gasteiger partial charge in [0.15, 0.2) is 0 Å². The molecule has 1 fully saturated rings. The molecule has 10 heteroatoms. The number of thiophene rings is 1. The standard InChI is InChI=1S/C15H19N5O3S2/c1-2-20(7-12(21)22)11-5-10(6-11)16-14(23)17-15-19-18-13(25-15)9-3-4-24-8-9/h3-4,8,10-11H,2,5-7H2,1H3,(H,21,22)(H2,16,17,19,23). The Kier molecular flexibility index (Phi) is 5.61. The van der Waals surface area contributed by atoms with Crippen molar-refractivity contribution in [2.45, 2.75) is 31.8 Å². The van der Waals surface area contributed by atoms with E-state index in [0.29, 0.717) is 11.7 Å². The van der Waals surface area contributed by atoms with Gasteiger partial charge in [0.25, 0.3) is 0 Å². The van der Waals surface area contributed by atoms with Gasteiger partial charge in [-0.2, -0.15) is 11.3 Å². The topological polar surface area (TPSA) is 107 Å². The number of carbonyl (C=O) groups is 2. The van der Waals surface area contributed by atoms with Gasteiger partial charge < -0.3 is 10.4 Å². The molecule has 1 aliphatic rings. The van der Waals surface area contributed by atoms with E-state index in [4.69, 9.17) is 5.11 Å². The summed E-state index contributed by atoms with van der Waals surface area (Å²) >= 11 is 2.91. The fourth-order valence-electron chi connectivity index (χ4n) is 2.77. The molecule has 0 radical (unpaired) electrons. The van der Waals surface area contributed by atoms with E-state index in [1.165, 1.54) is 11.3 Å². The van der Waals surface area contributed by atoms with Crippen LogP contribution in [0.2, 0.25) is 0 Å². The molecule has 2 aromatic rings. The first-order chi connectivity index (χ1) is 12.0. The molecular formula is C15H19N5O3S2. The summed E-state index contributed by atoms with van der Waals surface area (Å²) in [6, 6.07) is 1.91. The summed E-state index contributed by atoms with van der Waals surface area (Å²) in [4.78, 5) is 24.8. The molecule has 2 heterocycles. The van der Waals surface area contributed by atoms with Gasteiger partial charge in [-0.05, 0) is 30.8 Å². The van der Waals surface area contributed by atoms with Crippen molar-refractivity contribution in [1.82, 2.24) is 20.4 Å². The van der Waals surface area contributed by atoms with Crippen LogP contribution in [-0.4, -0.2) is 57.4 Å². The van der Waals surface area contributed by atoms with E-state index in [2.05, 4.69) is 20.8 Å². The summed E-state index contributed by atoms with van der Waals surface area (Å²) in [5.74, 6) is -0.825. The van der Waals surface area contributed by atoms with E-state index in [1.54, 1.807) is 11.3 Å². The van der Waals surface area contributed by atoms with Crippen LogP contribution in [0.3, 0.4) is 0 Å². The average molecular weight is 381 g/mol. The minimum atomic E-state index is -0.825. The molecule has 2 aromatic heterocycles. The largest absolute Gasteiger partial charge is 0.480 e. The lowest BCUT2D eigenvalue weighted by Gasteiger charge is -2.42. The predicted octanol–water partition coefficient (Wildman–Crippen LogP) is 2.33. The first-order valence-corrected chi connectivity index (χ1v) is 9.70. The van der Waals surface area contributed by atoms with Crippen LogP contribution in [0.5, 0.6) is 0 Å². The highest BCUT2D eigenvalue weighted by molar-refractivity contribution is 7.19. The number of carboxylic acid groups (broad SMARTS) is 1. The summed E-state index contributed by atoms with van der Waals surface area (Å²) in [5, 5.41) is 27.7. The molecule has 0 aromatic carbocycles. The highest BCUT2D eigenvalue weighted by atomic mass is 32.1. The van der Waals surface area contributed by atoms with Crippen LogP contribution in [0.1, 0.15) is 19.8 Å². The fraction of sp³-hybridized carbons (Fsp3) is 0.467. The second-order valence-corrected chi connectivity index (χ2v) is 7.56. The number of aliphatic carboxylic acids is 1. The number of hydrogen-bond donors (Lipinski definition) is 3. The molecule has 3 rings (SSSR count). The van der Waals surface area contributed by atoms with Gasteiger partial charge in [-0.15, -0.1) is 10.2 Å². The molecule has 0 atom stereocenters. The van der Waals surface area contributed by atoms with Crippen LogP contribution in [0, 0.1) is 0 Å². The molecule has 8 nitrogen and oxygen atoms in total. The molecule has 0 spiro atoms. The molecular weight excluding hydrogens is 362 g/mol. The monoisotopic (exact) mass is 381 g/mol. The van der Waals surface area contributed by atoms with Gasteiger partial charge in [-0.25, -0.2) is 4.79 Å². The number of likely N-dealkylation sites (N-methyl/N-ethyl adjacent to an activating group) is 1. The van der Waals surface area contributed by atoms with Gasteiger partial charge in [0, 0.05) is 23.0 Å². The quantitative estimate of drug-likeness (QED) is 0.679. The van der Waals surface area contributed by atoms with E-state index in [9.17, 15) is 9.59 Å². The Morgan fingerprint density at radius 1 is 1.40 bits per heavy atom. The molecule has 0 aliphatic heterocycles. The SMILES string of the molecule is CCN(CC(=O)O)C1CC(NC(=O)Nc2nnc(-c3ccsc3)s2)C1. The highest BCUT2D eigenvalue weighted by Gasteiger charge is 2.34. The number of nitrogens with zero attached hydrogens (tertiary/aromatic N) is 3. The van der Waals surface area contributed by atoms with Gasteiger partial charge in [0.2, 0.25) is 5.13 Å². The van der Waals surface area contributed by atoms with Crippen LogP contribution in [0.25, 0.3) is 10.6 Å². The fourth-order valence-corrected chi connectivity index (χ4v) is 4.22. The van der Waals surface area contributed by atoms with Crippen LogP contribution >= 0.6 is 22.7 Å². The maximum Gasteiger partial charge on any atom is 0.321 e. The van der Waals surface area contributed by atoms with Crippen molar-refractivity contribution < 1.29 is 14.7 Å². The molecule has 25 heavy (non-hydrogen) atoms. The van der Waals surface area contributed by atoms with Gasteiger partial charge in [-0.3, -0.25) is 15.0 Å². The zero-order chi connectivity index (χ0) is 17.8. The molecule has 1 saturated carbocycles. The zero-order valence-corrected chi connectivity index (χ0v) is 15.3. The number of rotatable bonds is 7. The Morgan fingerprint density at radius 3 is 2.84 bits per heavy atom. The Labute approximate surface area is 152 Å². The first-order valence-electron chi connectivity index (χ1n) is 7.94. The maximum absolute atomic E-state index is 12.0. The van der Waals surface area contributed by atoms with Crippen LogP contribution in [0.15, 0.2) is 16.8 Å². The van der Waals surface area contributed by atoms with E-state index in [-0.39, 0.29) is 24.7 Å². The summed E-state index contributed by atoms with van der Waals surface area (Å²) in [7, 11) is 0. The third-order valence-corrected chi connectivity index (χ3v) is 5.69. The molecule has 3 N–H and O–H groups in total. The third kappa shape index (κ3) is 4.53. The van der Waals surface area contributed by atoms with Crippen LogP contribution in [-0.2, 0) is 4.79 Å². The molecule has 1 aliphatic carbocycles. The minimum absolute atomic E-state index is 0.0379. The molecule has 0 bridgehead atoms. The summed E-state index contributed by atoms with van der Waals surface area (Å²) < 4.78 is 0. The first kappa shape index (κ1) is 17.8. The number of amides is 2. The lowest BCUT2D eigenvalue weighted by molar-refractivity contribution is -0.139. The Balaban J connectivity index is 1.44. The number of hydrogen-bond acceptors (Lipinski definition) is 7. The van der Waals surface area contributed by atoms with Crippen molar-refractivity contribution in [3.63, 3.8) is 0 Å². The van der Waals surface area contributed by atoms with E-state index >= 15 is 0 Å². The number of carbonyl (C=O) groups excluding carboxylic acids is 1. The Morgan fingerprint density at radius 2 is 2.20 bits per heavy atom. The third-order valence-electron chi connectivity index (χ3n) is 4.12. The van der Waals surface area contributed by atoms with E-state index < -0.39 is 5.97 Å². The van der Waals surface area contributed by atoms with Crippen molar-refractivity contribution in [3.05, 3.63) is 16.8 Å². The van der Waals surface area contributed by atoms with Gasteiger partial charge >= 0.3 is 12.0 Å². The van der Waals surface area contributed by atoms with Crippen LogP contribution in [0.4, 0.5) is 9.93 Å². The van der Waals surface area contributed by atoms with Crippen molar-refractivity contribution >= 4 is 39.8 Å². The van der Waals surface area contributed by atoms with Crippen molar-refractivity contribution in [2.75, 3.05) is 18.4 Å². The number of carboxylic acids is 1. The molecule has 2 amide bonds. The lowest BCUT2D eigenvalue weighted by Crippen LogP contribution is -2.55. The second-order valence-electron chi connectivity index (χ2n) is 5.80. The second kappa shape index (κ2) is 7.89. The summed E-state index contributed by atoms with van der Waals surface area (Å²) in [6.45, 7) is 2.67. The van der Waals surface area contributed by atoms with E-state index in [0.717, 1.165) is 23.4 Å². The van der Waals surface area contributed by atoms with Crippen molar-refractivity contribution in [1.29, 1.82) is 0 Å². The van der Waals surface area contributed by atoms with Gasteiger partial charge in [0.05, 0.1) is 6.54 Å². The molecule has 0 unspecified atom stereocenters. The summed E-state index contributed by atoms with van der Waals surface area (Å²) in [6.07, 6.45) is 1.51. The normalized spacial score (nSPS) is 19.4. The van der Waals surface area contributed by atoms with Crippen molar-refractivity contribution in [3.8, 4) is 10.6 Å². The highest BCUT2D eigenvalue weighted by Crippen LogP contribution is 2.28. The minimum Gasteiger partial charge on any atom is -0.480 e.